The van der Waals surface area contributed by atoms with Gasteiger partial charge >= 0.3 is 0 Å². The van der Waals surface area contributed by atoms with Crippen LogP contribution in [-0.2, 0) is 4.57 Å². The van der Waals surface area contributed by atoms with E-state index in [1.165, 1.54) is 35.6 Å². The molecule has 7 nitrogen and oxygen atoms in total. The summed E-state index contributed by atoms with van der Waals surface area (Å²) in [4.78, 5) is 24.1. The normalized spacial score (nSPS) is 15.2. The molecule has 1 saturated heterocycles. The fourth-order valence-electron chi connectivity index (χ4n) is 4.40. The quantitative estimate of drug-likeness (QED) is 0.271. The molecule has 0 saturated carbocycles. The van der Waals surface area contributed by atoms with Gasteiger partial charge in [-0.3, -0.25) is 4.79 Å². The van der Waals surface area contributed by atoms with Gasteiger partial charge in [0.05, 0.1) is 24.9 Å². The van der Waals surface area contributed by atoms with Crippen LogP contribution in [-0.4, -0.2) is 52.5 Å². The fourth-order valence-corrected chi connectivity index (χ4v) is 6.81. The van der Waals surface area contributed by atoms with E-state index >= 15 is 0 Å². The number of imidazole rings is 1. The summed E-state index contributed by atoms with van der Waals surface area (Å²) in [6, 6.07) is 10.8. The van der Waals surface area contributed by atoms with Crippen LogP contribution in [0.15, 0.2) is 54.2 Å². The minimum Gasteiger partial charge on any atom is -0.371 e. The van der Waals surface area contributed by atoms with E-state index in [1.54, 1.807) is 29.9 Å². The van der Waals surface area contributed by atoms with Crippen LogP contribution >= 0.6 is 18.5 Å². The van der Waals surface area contributed by atoms with Crippen LogP contribution in [0.2, 0.25) is 0 Å². The fraction of sp³-hybridized carbons (Fsp3) is 0.296. The predicted octanol–water partition coefficient (Wildman–Crippen LogP) is 6.60. The number of amides is 1. The molecule has 1 aliphatic rings. The third-order valence-electron chi connectivity index (χ3n) is 6.66. The lowest BCUT2D eigenvalue weighted by Gasteiger charge is -2.32. The van der Waals surface area contributed by atoms with Crippen LogP contribution in [0.3, 0.4) is 0 Å². The maximum atomic E-state index is 14.9. The standard InChI is InChI=1S/C27H28F2N5O2PS/c1-17(2)34-16-30-24(18-4-6-19(28)7-5-18)25(34)27-32-23(15-38-27)26(35)31-22-9-8-20(14-21(22)29)33-10-12-37(3,36)13-11-33/h4-9,14-17H,10-13H2,1-3H3,(H,31,35). The molecule has 4 aromatic rings. The predicted molar refractivity (Wildman–Crippen MR) is 149 cm³/mol. The Hall–Kier alpha value is -3.36. The van der Waals surface area contributed by atoms with E-state index in [9.17, 15) is 18.1 Å². The molecule has 3 heterocycles. The summed E-state index contributed by atoms with van der Waals surface area (Å²) in [7, 11) is -2.09. The Labute approximate surface area is 223 Å². The van der Waals surface area contributed by atoms with Crippen LogP contribution in [0.5, 0.6) is 0 Å². The molecule has 1 N–H and O–H groups in total. The molecule has 0 spiro atoms. The van der Waals surface area contributed by atoms with Gasteiger partial charge in [0.1, 0.15) is 28.0 Å². The van der Waals surface area contributed by atoms with Crippen LogP contribution in [0, 0.1) is 11.6 Å². The van der Waals surface area contributed by atoms with Crippen LogP contribution < -0.4 is 10.2 Å². The second-order valence-corrected chi connectivity index (χ2v) is 14.2. The third kappa shape index (κ3) is 5.42. The van der Waals surface area contributed by atoms with Crippen molar-refractivity contribution in [1.29, 1.82) is 0 Å². The minimum atomic E-state index is -2.09. The van der Waals surface area contributed by atoms with Gasteiger partial charge in [-0.05, 0) is 63.0 Å². The molecule has 1 fully saturated rings. The molecule has 0 aliphatic carbocycles. The molecule has 2 aromatic heterocycles. The average Bonchev–Trinajstić information content (AvgIpc) is 3.53. The molecular formula is C27H28F2N5O2PS. The Morgan fingerprint density at radius 2 is 1.82 bits per heavy atom. The van der Waals surface area contributed by atoms with Gasteiger partial charge in [-0.15, -0.1) is 11.3 Å². The molecule has 5 rings (SSSR count). The highest BCUT2D eigenvalue weighted by molar-refractivity contribution is 7.63. The summed E-state index contributed by atoms with van der Waals surface area (Å²) in [5.74, 6) is -1.41. The number of nitrogens with zero attached hydrogens (tertiary/aromatic N) is 4. The Balaban J connectivity index is 1.36. The van der Waals surface area contributed by atoms with Gasteiger partial charge in [-0.1, -0.05) is 0 Å². The Bertz CT molecular complexity index is 1520. The largest absolute Gasteiger partial charge is 0.371 e. The zero-order chi connectivity index (χ0) is 27.0. The number of aromatic nitrogens is 3. The first-order valence-electron chi connectivity index (χ1n) is 12.3. The molecule has 0 bridgehead atoms. The van der Waals surface area contributed by atoms with Crippen LogP contribution in [0.4, 0.5) is 20.2 Å². The molecule has 0 radical (unpaired) electrons. The zero-order valence-corrected chi connectivity index (χ0v) is 23.0. The van der Waals surface area contributed by atoms with E-state index in [2.05, 4.69) is 15.3 Å². The Morgan fingerprint density at radius 3 is 2.47 bits per heavy atom. The SMILES string of the molecule is CC(C)n1cnc(-c2ccc(F)cc2)c1-c1nc(C(=O)Nc2ccc(N3CCP(C)(=O)CC3)cc2F)cs1. The van der Waals surface area contributed by atoms with Gasteiger partial charge in [0.2, 0.25) is 0 Å². The lowest BCUT2D eigenvalue weighted by Crippen LogP contribution is -2.34. The minimum absolute atomic E-state index is 0.0608. The molecule has 0 atom stereocenters. The van der Waals surface area contributed by atoms with E-state index < -0.39 is 18.9 Å². The van der Waals surface area contributed by atoms with Crippen molar-refractivity contribution in [2.24, 2.45) is 0 Å². The van der Waals surface area contributed by atoms with Crippen molar-refractivity contribution in [2.75, 3.05) is 42.3 Å². The van der Waals surface area contributed by atoms with E-state index in [-0.39, 0.29) is 23.2 Å². The van der Waals surface area contributed by atoms with Crippen molar-refractivity contribution in [2.45, 2.75) is 19.9 Å². The van der Waals surface area contributed by atoms with Gasteiger partial charge in [0.25, 0.3) is 5.91 Å². The highest BCUT2D eigenvalue weighted by atomic mass is 32.1. The van der Waals surface area contributed by atoms with Crippen molar-refractivity contribution in [1.82, 2.24) is 14.5 Å². The smallest absolute Gasteiger partial charge is 0.275 e. The van der Waals surface area contributed by atoms with Gasteiger partial charge < -0.3 is 19.3 Å². The maximum absolute atomic E-state index is 14.9. The molecular weight excluding hydrogens is 527 g/mol. The lowest BCUT2D eigenvalue weighted by molar-refractivity contribution is 0.102. The topological polar surface area (TPSA) is 80.1 Å². The van der Waals surface area contributed by atoms with Crippen molar-refractivity contribution in [3.8, 4) is 22.0 Å². The molecule has 198 valence electrons. The number of carbonyl (C=O) groups is 1. The molecule has 1 aliphatic heterocycles. The first-order chi connectivity index (χ1) is 18.1. The zero-order valence-electron chi connectivity index (χ0n) is 21.3. The van der Waals surface area contributed by atoms with E-state index in [4.69, 9.17) is 0 Å². The number of anilines is 2. The number of rotatable bonds is 6. The second kappa shape index (κ2) is 10.4. The van der Waals surface area contributed by atoms with Gasteiger partial charge in [-0.25, -0.2) is 18.7 Å². The highest BCUT2D eigenvalue weighted by Gasteiger charge is 2.25. The third-order valence-corrected chi connectivity index (χ3v) is 9.80. The first-order valence-corrected chi connectivity index (χ1v) is 15.7. The van der Waals surface area contributed by atoms with E-state index in [1.807, 2.05) is 30.0 Å². The van der Waals surface area contributed by atoms with Crippen LogP contribution in [0.1, 0.15) is 30.4 Å². The Morgan fingerprint density at radius 1 is 1.11 bits per heavy atom. The highest BCUT2D eigenvalue weighted by Crippen LogP contribution is 2.44. The van der Waals surface area contributed by atoms with E-state index in [0.29, 0.717) is 41.8 Å². The summed E-state index contributed by atoms with van der Waals surface area (Å²) >= 11 is 1.28. The number of carbonyl (C=O) groups excluding carboxylic acids is 1. The average molecular weight is 556 g/mol. The van der Waals surface area contributed by atoms with Crippen molar-refractivity contribution < 1.29 is 18.1 Å². The second-order valence-electron chi connectivity index (χ2n) is 9.84. The molecule has 0 unspecified atom stereocenters. The Kier molecular flexibility index (Phi) is 7.20. The number of nitrogens with one attached hydrogen (secondary N) is 1. The number of thiazole rings is 1. The summed E-state index contributed by atoms with van der Waals surface area (Å²) in [6.07, 6.45) is 2.92. The summed E-state index contributed by atoms with van der Waals surface area (Å²) < 4.78 is 42.6. The van der Waals surface area contributed by atoms with Crippen molar-refractivity contribution in [3.63, 3.8) is 0 Å². The molecule has 11 heteroatoms. The number of hydrogen-bond donors (Lipinski definition) is 1. The first kappa shape index (κ1) is 26.3. The van der Waals surface area contributed by atoms with Crippen LogP contribution in [0.25, 0.3) is 22.0 Å². The summed E-state index contributed by atoms with van der Waals surface area (Å²) in [5.41, 5.74) is 3.02. The summed E-state index contributed by atoms with van der Waals surface area (Å²) in [6.45, 7) is 7.07. The monoisotopic (exact) mass is 555 g/mol. The number of halogens is 2. The van der Waals surface area contributed by atoms with Crippen molar-refractivity contribution in [3.05, 3.63) is 71.5 Å². The van der Waals surface area contributed by atoms with Crippen molar-refractivity contribution >= 4 is 35.8 Å². The maximum Gasteiger partial charge on any atom is 0.275 e. The molecule has 38 heavy (non-hydrogen) atoms. The lowest BCUT2D eigenvalue weighted by atomic mass is 10.1. The van der Waals surface area contributed by atoms with Gasteiger partial charge in [-0.2, -0.15) is 0 Å². The van der Waals surface area contributed by atoms with Gasteiger partial charge in [0, 0.05) is 48.1 Å². The van der Waals surface area contributed by atoms with Gasteiger partial charge in [0.15, 0.2) is 0 Å². The summed E-state index contributed by atoms with van der Waals surface area (Å²) in [5, 5.41) is 4.82. The van der Waals surface area contributed by atoms with E-state index in [0.717, 1.165) is 11.3 Å². The molecule has 2 aromatic carbocycles. The number of hydrogen-bond acceptors (Lipinski definition) is 6. The number of benzene rings is 2. The molecule has 1 amide bonds.